The topological polar surface area (TPSA) is 55.1 Å². The first-order valence-electron chi connectivity index (χ1n) is 5.02. The molecule has 0 bridgehead atoms. The number of hydrogen-bond acceptors (Lipinski definition) is 2. The molecule has 0 saturated carbocycles. The summed E-state index contributed by atoms with van der Waals surface area (Å²) in [6, 6.07) is 3.84. The Bertz CT molecular complexity index is 439. The summed E-state index contributed by atoms with van der Waals surface area (Å²) >= 11 is 10.4. The minimum absolute atomic E-state index is 0.0622. The molecule has 0 spiro atoms. The molecule has 0 aliphatic carbocycles. The number of thiocarbonyl (C=S) groups is 1. The van der Waals surface area contributed by atoms with Gasteiger partial charge in [-0.3, -0.25) is 4.79 Å². The van der Waals surface area contributed by atoms with Crippen LogP contribution >= 0.6 is 23.8 Å². The minimum atomic E-state index is -0.596. The lowest BCUT2D eigenvalue weighted by Gasteiger charge is -2.06. The van der Waals surface area contributed by atoms with Gasteiger partial charge in [-0.15, -0.1) is 0 Å². The molecule has 0 fully saturated rings. The lowest BCUT2D eigenvalue weighted by molar-refractivity contribution is 0.0949. The maximum Gasteiger partial charge on any atom is 0.254 e. The standard InChI is InChI=1S/C11H12ClFN2OS/c12-7-3-4-9(13)8(6-7)11(16)15-5-1-2-10(14)17/h3-4,6H,1-2,5H2,(H2,14,17)(H,15,16). The minimum Gasteiger partial charge on any atom is -0.393 e. The van der Waals surface area contributed by atoms with Gasteiger partial charge < -0.3 is 11.1 Å². The van der Waals surface area contributed by atoms with Gasteiger partial charge >= 0.3 is 0 Å². The number of nitrogens with one attached hydrogen (secondary N) is 1. The molecule has 17 heavy (non-hydrogen) atoms. The summed E-state index contributed by atoms with van der Waals surface area (Å²) in [6.07, 6.45) is 1.18. The molecule has 0 radical (unpaired) electrons. The fourth-order valence-electron chi connectivity index (χ4n) is 1.23. The zero-order chi connectivity index (χ0) is 12.8. The summed E-state index contributed by atoms with van der Waals surface area (Å²) in [6.45, 7) is 0.391. The molecule has 1 aromatic carbocycles. The largest absolute Gasteiger partial charge is 0.393 e. The lowest BCUT2D eigenvalue weighted by atomic mass is 10.2. The van der Waals surface area contributed by atoms with E-state index in [2.05, 4.69) is 5.32 Å². The third kappa shape index (κ3) is 4.66. The van der Waals surface area contributed by atoms with Crippen molar-refractivity contribution in [3.63, 3.8) is 0 Å². The Morgan fingerprint density at radius 1 is 1.53 bits per heavy atom. The molecule has 3 N–H and O–H groups in total. The normalized spacial score (nSPS) is 10.0. The summed E-state index contributed by atoms with van der Waals surface area (Å²) in [4.78, 5) is 12.0. The van der Waals surface area contributed by atoms with Crippen LogP contribution in [-0.2, 0) is 0 Å². The van der Waals surface area contributed by atoms with Crippen LogP contribution in [0.25, 0.3) is 0 Å². The highest BCUT2D eigenvalue weighted by Crippen LogP contribution is 2.14. The second-order valence-corrected chi connectivity index (χ2v) is 4.41. The van der Waals surface area contributed by atoms with E-state index in [1.54, 1.807) is 0 Å². The second-order valence-electron chi connectivity index (χ2n) is 3.45. The number of carbonyl (C=O) groups is 1. The summed E-state index contributed by atoms with van der Waals surface area (Å²) < 4.78 is 13.3. The monoisotopic (exact) mass is 274 g/mol. The third-order valence-corrected chi connectivity index (χ3v) is 2.50. The molecule has 3 nitrogen and oxygen atoms in total. The number of carbonyl (C=O) groups excluding carboxylic acids is 1. The Kier molecular flexibility index (Phi) is 5.31. The van der Waals surface area contributed by atoms with Crippen molar-refractivity contribution in [2.24, 2.45) is 5.73 Å². The molecule has 0 heterocycles. The second kappa shape index (κ2) is 6.51. The van der Waals surface area contributed by atoms with Gasteiger partial charge in [0.25, 0.3) is 5.91 Å². The predicted octanol–water partition coefficient (Wildman–Crippen LogP) is 2.28. The van der Waals surface area contributed by atoms with Gasteiger partial charge in [0.2, 0.25) is 0 Å². The van der Waals surface area contributed by atoms with Crippen molar-refractivity contribution >= 4 is 34.7 Å². The van der Waals surface area contributed by atoms with Gasteiger partial charge in [0.05, 0.1) is 10.6 Å². The first-order valence-corrected chi connectivity index (χ1v) is 5.81. The van der Waals surface area contributed by atoms with Crippen LogP contribution in [0.15, 0.2) is 18.2 Å². The lowest BCUT2D eigenvalue weighted by Crippen LogP contribution is -2.26. The van der Waals surface area contributed by atoms with Crippen molar-refractivity contribution in [1.82, 2.24) is 5.32 Å². The fraction of sp³-hybridized carbons (Fsp3) is 0.273. The average molecular weight is 275 g/mol. The molecule has 92 valence electrons. The molecule has 0 unspecified atom stereocenters. The Morgan fingerprint density at radius 3 is 2.88 bits per heavy atom. The van der Waals surface area contributed by atoms with Crippen LogP contribution in [0, 0.1) is 5.82 Å². The summed E-state index contributed by atoms with van der Waals surface area (Å²) in [5.74, 6) is -1.09. The van der Waals surface area contributed by atoms with Crippen LogP contribution in [0.5, 0.6) is 0 Å². The first-order chi connectivity index (χ1) is 8.00. The molecule has 1 rings (SSSR count). The van der Waals surface area contributed by atoms with Crippen molar-refractivity contribution in [2.75, 3.05) is 6.54 Å². The Morgan fingerprint density at radius 2 is 2.24 bits per heavy atom. The van der Waals surface area contributed by atoms with E-state index in [1.165, 1.54) is 12.1 Å². The molecular formula is C11H12ClFN2OS. The molecule has 0 atom stereocenters. The average Bonchev–Trinajstić information content (AvgIpc) is 2.27. The van der Waals surface area contributed by atoms with Crippen molar-refractivity contribution < 1.29 is 9.18 Å². The van der Waals surface area contributed by atoms with E-state index >= 15 is 0 Å². The highest BCUT2D eigenvalue weighted by molar-refractivity contribution is 7.80. The van der Waals surface area contributed by atoms with Gasteiger partial charge in [0.15, 0.2) is 0 Å². The van der Waals surface area contributed by atoms with E-state index in [0.29, 0.717) is 29.4 Å². The van der Waals surface area contributed by atoms with Gasteiger partial charge in [-0.25, -0.2) is 4.39 Å². The first kappa shape index (κ1) is 13.9. The van der Waals surface area contributed by atoms with Gasteiger partial charge in [0, 0.05) is 11.6 Å². The zero-order valence-corrected chi connectivity index (χ0v) is 10.6. The highest BCUT2D eigenvalue weighted by atomic mass is 35.5. The van der Waals surface area contributed by atoms with E-state index < -0.39 is 11.7 Å². The molecule has 0 aliphatic heterocycles. The fourth-order valence-corrected chi connectivity index (χ4v) is 1.55. The van der Waals surface area contributed by atoms with E-state index in [9.17, 15) is 9.18 Å². The molecule has 1 amide bonds. The Balaban J connectivity index is 2.52. The summed E-state index contributed by atoms with van der Waals surface area (Å²) in [5, 5.41) is 2.89. The summed E-state index contributed by atoms with van der Waals surface area (Å²) in [5.41, 5.74) is 5.24. The Labute approximate surface area is 109 Å². The quantitative estimate of drug-likeness (QED) is 0.640. The van der Waals surface area contributed by atoms with E-state index in [0.717, 1.165) is 6.07 Å². The zero-order valence-electron chi connectivity index (χ0n) is 9.00. The van der Waals surface area contributed by atoms with E-state index in [1.807, 2.05) is 0 Å². The number of rotatable bonds is 5. The van der Waals surface area contributed by atoms with Crippen molar-refractivity contribution in [3.8, 4) is 0 Å². The molecule has 0 aliphatic rings. The third-order valence-electron chi connectivity index (χ3n) is 2.06. The van der Waals surface area contributed by atoms with Gasteiger partial charge in [-0.2, -0.15) is 0 Å². The number of amides is 1. The maximum atomic E-state index is 13.3. The number of halogens is 2. The van der Waals surface area contributed by atoms with Crippen LogP contribution in [0.2, 0.25) is 5.02 Å². The number of nitrogens with two attached hydrogens (primary N) is 1. The van der Waals surface area contributed by atoms with Gasteiger partial charge in [-0.05, 0) is 31.0 Å². The molecule has 1 aromatic rings. The summed E-state index contributed by atoms with van der Waals surface area (Å²) in [7, 11) is 0. The maximum absolute atomic E-state index is 13.3. The predicted molar refractivity (Wildman–Crippen MR) is 69.8 cm³/mol. The van der Waals surface area contributed by atoms with Crippen LogP contribution in [-0.4, -0.2) is 17.4 Å². The van der Waals surface area contributed by atoms with E-state index in [4.69, 9.17) is 29.6 Å². The molecule has 0 saturated heterocycles. The smallest absolute Gasteiger partial charge is 0.254 e. The van der Waals surface area contributed by atoms with Gasteiger partial charge in [0.1, 0.15) is 5.82 Å². The van der Waals surface area contributed by atoms with Crippen LogP contribution in [0.3, 0.4) is 0 Å². The van der Waals surface area contributed by atoms with Crippen molar-refractivity contribution in [2.45, 2.75) is 12.8 Å². The SMILES string of the molecule is NC(=S)CCCNC(=O)c1cc(Cl)ccc1F. The van der Waals surface area contributed by atoms with E-state index in [-0.39, 0.29) is 5.56 Å². The number of benzene rings is 1. The highest BCUT2D eigenvalue weighted by Gasteiger charge is 2.11. The van der Waals surface area contributed by atoms with Crippen LogP contribution in [0.1, 0.15) is 23.2 Å². The van der Waals surface area contributed by atoms with Crippen molar-refractivity contribution in [3.05, 3.63) is 34.6 Å². The Hall–Kier alpha value is -1.20. The number of hydrogen-bond donors (Lipinski definition) is 2. The van der Waals surface area contributed by atoms with Crippen LogP contribution < -0.4 is 11.1 Å². The molecule has 6 heteroatoms. The van der Waals surface area contributed by atoms with Crippen molar-refractivity contribution in [1.29, 1.82) is 0 Å². The molecule has 0 aromatic heterocycles. The molecular weight excluding hydrogens is 263 g/mol. The van der Waals surface area contributed by atoms with Gasteiger partial charge in [-0.1, -0.05) is 23.8 Å². The van der Waals surface area contributed by atoms with Crippen LogP contribution in [0.4, 0.5) is 4.39 Å².